The van der Waals surface area contributed by atoms with E-state index >= 15 is 0 Å². The number of ether oxygens (including phenoxy) is 5. The van der Waals surface area contributed by atoms with Gasteiger partial charge in [-0.1, -0.05) is 72.1 Å². The standard InChI is InChI=1S/C29H37FN2O6.C26H44N2O5.2CH4/c1-36-23-10-7-20(8-11-23)25(33)5-3-2-4-6-28(34)31-24(19-32-14-13-22(30)18-32)29(35)21-9-12-26-27(17-21)38-16-15-37-26;1-3-4-18-33-23-13-11-21(12-14-23)26(31)24(20-28-16-15-22(29)19-28)27-25(30)10-8-6-5-7-9-17-32-2;;/h7-12,17,22,24,29,35H,2-6,13-16,18-19H2,1H3,(H,31,34);11-14,22,24,26,29,31H,3-10,15-20H2,1-2H3,(H,27,30);2*1H4/t22-,24-,29-;22-,24+,26+;;/m10../s1. The summed E-state index contributed by atoms with van der Waals surface area (Å²) in [6, 6.07) is 18.7. The SMILES string of the molecule is C.C.CCCCOc1ccc([C@@H](O)[C@@H](CN2CC[C@H](O)C2)NC(=O)CCCCCCCOC)cc1.COc1ccc(C(=O)CCCCCC(=O)N[C@H](CN2CC[C@@H](F)C2)[C@H](O)c2ccc3c(c2)OCCO3)cc1. The van der Waals surface area contributed by atoms with Gasteiger partial charge in [-0.15, -0.1) is 0 Å². The van der Waals surface area contributed by atoms with Crippen LogP contribution >= 0.6 is 0 Å². The van der Waals surface area contributed by atoms with Gasteiger partial charge in [0.1, 0.15) is 43.1 Å². The van der Waals surface area contributed by atoms with Crippen LogP contribution in [0, 0.1) is 0 Å². The summed E-state index contributed by atoms with van der Waals surface area (Å²) < 4.78 is 40.9. The second-order valence-electron chi connectivity index (χ2n) is 19.0. The number of amides is 2. The van der Waals surface area contributed by atoms with Gasteiger partial charge in [0.15, 0.2) is 17.3 Å². The Hall–Kier alpha value is -4.84. The molecule has 0 unspecified atom stereocenters. The number of hydrogen-bond acceptors (Lipinski definition) is 13. The molecule has 5 N–H and O–H groups in total. The van der Waals surface area contributed by atoms with Crippen LogP contribution in [0.5, 0.6) is 23.0 Å². The number of aliphatic hydroxyl groups excluding tert-OH is 3. The Labute approximate surface area is 435 Å². The monoisotopic (exact) mass is 1020 g/mol. The van der Waals surface area contributed by atoms with Gasteiger partial charge < -0.3 is 49.6 Å². The predicted molar refractivity (Wildman–Crippen MR) is 285 cm³/mol. The molecule has 16 heteroatoms. The highest BCUT2D eigenvalue weighted by molar-refractivity contribution is 5.96. The van der Waals surface area contributed by atoms with E-state index in [4.69, 9.17) is 23.7 Å². The Morgan fingerprint density at radius 1 is 0.671 bits per heavy atom. The minimum absolute atomic E-state index is 0. The first kappa shape index (κ1) is 62.5. The van der Waals surface area contributed by atoms with Gasteiger partial charge in [-0.2, -0.15) is 0 Å². The van der Waals surface area contributed by atoms with E-state index in [1.807, 2.05) is 29.2 Å². The van der Waals surface area contributed by atoms with Gasteiger partial charge in [0.25, 0.3) is 0 Å². The second kappa shape index (κ2) is 34.6. The number of likely N-dealkylation sites (tertiary alicyclic amines) is 2. The Bertz CT molecular complexity index is 2010. The normalized spacial score (nSPS) is 17.9. The molecule has 2 amide bonds. The van der Waals surface area contributed by atoms with Crippen molar-refractivity contribution in [1.29, 1.82) is 0 Å². The van der Waals surface area contributed by atoms with E-state index in [1.165, 1.54) is 0 Å². The number of fused-ring (bicyclic) bond motifs is 1. The van der Waals surface area contributed by atoms with Gasteiger partial charge in [-0.25, -0.2) is 4.39 Å². The molecule has 3 aliphatic heterocycles. The number of nitrogens with zero attached hydrogens (tertiary/aromatic N) is 2. The first-order chi connectivity index (χ1) is 34.5. The number of β-amino-alcohol motifs (C(OH)–C–C–N with tert-alkyl or cyclic N) is 1. The second-order valence-corrected chi connectivity index (χ2v) is 19.0. The van der Waals surface area contributed by atoms with Crippen LogP contribution in [0.25, 0.3) is 0 Å². The number of hydrogen-bond donors (Lipinski definition) is 5. The fourth-order valence-electron chi connectivity index (χ4n) is 9.03. The van der Waals surface area contributed by atoms with Crippen LogP contribution < -0.4 is 29.6 Å². The van der Waals surface area contributed by atoms with E-state index in [0.717, 1.165) is 82.3 Å². The molecule has 0 radical (unpaired) electrons. The lowest BCUT2D eigenvalue weighted by molar-refractivity contribution is -0.123. The summed E-state index contributed by atoms with van der Waals surface area (Å²) in [4.78, 5) is 41.9. The number of Topliss-reactive ketones (excluding diaryl/α,β-unsaturated/α-hetero) is 1. The zero-order chi connectivity index (χ0) is 50.8. The third-order valence-corrected chi connectivity index (χ3v) is 13.2. The maximum absolute atomic E-state index is 13.8. The predicted octanol–water partition coefficient (Wildman–Crippen LogP) is 8.57. The number of benzene rings is 3. The maximum atomic E-state index is 13.8. The summed E-state index contributed by atoms with van der Waals surface area (Å²) in [6.07, 6.45) is 8.56. The van der Waals surface area contributed by atoms with Crippen LogP contribution in [0.15, 0.2) is 66.7 Å². The molecule has 0 spiro atoms. The highest BCUT2D eigenvalue weighted by Crippen LogP contribution is 2.34. The van der Waals surface area contributed by atoms with Crippen molar-refractivity contribution in [3.63, 3.8) is 0 Å². The van der Waals surface area contributed by atoms with Gasteiger partial charge in [0.2, 0.25) is 11.8 Å². The van der Waals surface area contributed by atoms with Crippen LogP contribution in [-0.2, 0) is 14.3 Å². The molecule has 0 aromatic heterocycles. The highest BCUT2D eigenvalue weighted by atomic mass is 19.1. The zero-order valence-corrected chi connectivity index (χ0v) is 42.4. The number of rotatable bonds is 30. The van der Waals surface area contributed by atoms with Crippen LogP contribution in [0.1, 0.15) is 152 Å². The summed E-state index contributed by atoms with van der Waals surface area (Å²) in [5.74, 6) is 2.54. The molecule has 2 saturated heterocycles. The Kier molecular flexibility index (Phi) is 29.6. The smallest absolute Gasteiger partial charge is 0.220 e. The molecular weight excluding hydrogens is 936 g/mol. The topological polar surface area (TPSA) is 189 Å². The molecule has 3 aliphatic rings. The summed E-state index contributed by atoms with van der Waals surface area (Å²) in [5, 5.41) is 38.2. The van der Waals surface area contributed by atoms with Gasteiger partial charge >= 0.3 is 0 Å². The molecular formula is C57H89FN4O11. The molecule has 410 valence electrons. The molecule has 73 heavy (non-hydrogen) atoms. The lowest BCUT2D eigenvalue weighted by Crippen LogP contribution is -2.47. The number of halogens is 1. The van der Waals surface area contributed by atoms with E-state index in [2.05, 4.69) is 22.5 Å². The lowest BCUT2D eigenvalue weighted by atomic mass is 10.00. The largest absolute Gasteiger partial charge is 0.497 e. The van der Waals surface area contributed by atoms with Crippen LogP contribution in [0.4, 0.5) is 4.39 Å². The Morgan fingerprint density at radius 2 is 1.22 bits per heavy atom. The van der Waals surface area contributed by atoms with Gasteiger partial charge in [0, 0.05) is 77.8 Å². The number of methoxy groups -OCH3 is 2. The molecule has 0 saturated carbocycles. The summed E-state index contributed by atoms with van der Waals surface area (Å²) in [7, 11) is 3.30. The van der Waals surface area contributed by atoms with Crippen molar-refractivity contribution in [3.8, 4) is 23.0 Å². The molecule has 3 aromatic carbocycles. The summed E-state index contributed by atoms with van der Waals surface area (Å²) >= 11 is 0. The number of nitrogens with one attached hydrogen (secondary N) is 2. The van der Waals surface area contributed by atoms with Gasteiger partial charge in [-0.05, 0) is 105 Å². The fraction of sp³-hybridized carbons (Fsp3) is 0.632. The number of carbonyl (C=O) groups excluding carboxylic acids is 3. The Balaban J connectivity index is 0.000000379. The molecule has 3 aromatic rings. The number of ketones is 1. The van der Waals surface area contributed by atoms with Crippen molar-refractivity contribution in [2.24, 2.45) is 0 Å². The van der Waals surface area contributed by atoms with Crippen molar-refractivity contribution in [1.82, 2.24) is 20.4 Å². The molecule has 6 rings (SSSR count). The average Bonchev–Trinajstić information content (AvgIpc) is 4.01. The quantitative estimate of drug-likeness (QED) is 0.0316. The molecule has 15 nitrogen and oxygen atoms in total. The van der Waals surface area contributed by atoms with Crippen molar-refractivity contribution < 1.29 is 57.8 Å². The van der Waals surface area contributed by atoms with E-state index in [-0.39, 0.29) is 45.0 Å². The zero-order valence-electron chi connectivity index (χ0n) is 42.4. The third-order valence-electron chi connectivity index (χ3n) is 13.2. The highest BCUT2D eigenvalue weighted by Gasteiger charge is 2.31. The van der Waals surface area contributed by atoms with Gasteiger partial charge in [-0.3, -0.25) is 24.2 Å². The van der Waals surface area contributed by atoms with E-state index in [0.29, 0.717) is 113 Å². The third kappa shape index (κ3) is 22.3. The number of aliphatic hydroxyl groups is 3. The van der Waals surface area contributed by atoms with Crippen molar-refractivity contribution >= 4 is 17.6 Å². The molecule has 2 fully saturated rings. The van der Waals surface area contributed by atoms with E-state index in [9.17, 15) is 34.1 Å². The summed E-state index contributed by atoms with van der Waals surface area (Å²) in [6.45, 7) is 7.58. The van der Waals surface area contributed by atoms with Crippen molar-refractivity contribution in [3.05, 3.63) is 83.4 Å². The Morgan fingerprint density at radius 3 is 1.81 bits per heavy atom. The minimum atomic E-state index is -0.990. The average molecular weight is 1030 g/mol. The number of unbranched alkanes of at least 4 members (excludes halogenated alkanes) is 7. The summed E-state index contributed by atoms with van der Waals surface area (Å²) in [5.41, 5.74) is 2.01. The van der Waals surface area contributed by atoms with E-state index in [1.54, 1.807) is 56.7 Å². The van der Waals surface area contributed by atoms with Crippen molar-refractivity contribution in [2.45, 2.75) is 155 Å². The lowest BCUT2D eigenvalue weighted by Gasteiger charge is -2.29. The number of alkyl halides is 1. The molecule has 6 atom stereocenters. The minimum Gasteiger partial charge on any atom is -0.497 e. The molecule has 0 aliphatic carbocycles. The first-order valence-corrected chi connectivity index (χ1v) is 26.0. The van der Waals surface area contributed by atoms with Crippen LogP contribution in [0.2, 0.25) is 0 Å². The first-order valence-electron chi connectivity index (χ1n) is 26.0. The maximum Gasteiger partial charge on any atom is 0.220 e. The van der Waals surface area contributed by atoms with Crippen LogP contribution in [-0.4, -0.2) is 147 Å². The number of carbonyl (C=O) groups is 3. The van der Waals surface area contributed by atoms with Gasteiger partial charge in [0.05, 0.1) is 31.9 Å². The molecule has 0 bridgehead atoms. The van der Waals surface area contributed by atoms with Crippen LogP contribution in [0.3, 0.4) is 0 Å². The fourth-order valence-corrected chi connectivity index (χ4v) is 9.03. The molecule has 3 heterocycles. The van der Waals surface area contributed by atoms with E-state index < -0.39 is 30.5 Å². The van der Waals surface area contributed by atoms with Crippen molar-refractivity contribution in [2.75, 3.05) is 79.9 Å².